The maximum absolute atomic E-state index is 14.0. The summed E-state index contributed by atoms with van der Waals surface area (Å²) in [5.74, 6) is 0.0343. The number of halogens is 1. The van der Waals surface area contributed by atoms with Gasteiger partial charge in [0, 0.05) is 50.4 Å². The molecule has 0 bridgehead atoms. The molecule has 28 heavy (non-hydrogen) atoms. The van der Waals surface area contributed by atoms with Gasteiger partial charge in [-0.2, -0.15) is 0 Å². The van der Waals surface area contributed by atoms with Gasteiger partial charge in [0.15, 0.2) is 0 Å². The van der Waals surface area contributed by atoms with E-state index in [0.29, 0.717) is 31.9 Å². The summed E-state index contributed by atoms with van der Waals surface area (Å²) in [6.07, 6.45) is 4.47. The Morgan fingerprint density at radius 1 is 1.04 bits per heavy atom. The molecule has 2 aromatic heterocycles. The van der Waals surface area contributed by atoms with Crippen molar-refractivity contribution in [3.05, 3.63) is 65.9 Å². The van der Waals surface area contributed by atoms with Crippen molar-refractivity contribution in [3.8, 4) is 0 Å². The average Bonchev–Trinajstić information content (AvgIpc) is 3.12. The Labute approximate surface area is 163 Å². The van der Waals surface area contributed by atoms with Crippen LogP contribution in [-0.2, 0) is 17.6 Å². The second kappa shape index (κ2) is 6.93. The minimum absolute atomic E-state index is 0.00705. The van der Waals surface area contributed by atoms with Crippen molar-refractivity contribution in [1.82, 2.24) is 14.3 Å². The Hall–Kier alpha value is -2.89. The number of nitrogens with zero attached hydrogens (tertiary/aromatic N) is 4. The van der Waals surface area contributed by atoms with E-state index in [0.717, 1.165) is 30.6 Å². The van der Waals surface area contributed by atoms with Gasteiger partial charge in [-0.25, -0.2) is 9.37 Å². The molecule has 0 spiro atoms. The van der Waals surface area contributed by atoms with Gasteiger partial charge in [0.05, 0.1) is 11.4 Å². The second-order valence-electron chi connectivity index (χ2n) is 7.64. The minimum atomic E-state index is -0.199. The highest BCUT2D eigenvalue weighted by Crippen LogP contribution is 2.28. The fourth-order valence-electron chi connectivity index (χ4n) is 4.50. The molecule has 1 atom stereocenters. The number of benzene rings is 1. The molecule has 1 fully saturated rings. The fourth-order valence-corrected chi connectivity index (χ4v) is 4.50. The summed E-state index contributed by atoms with van der Waals surface area (Å²) in [6, 6.07) is 12.9. The van der Waals surface area contributed by atoms with E-state index in [2.05, 4.69) is 4.40 Å². The predicted octanol–water partition coefficient (Wildman–Crippen LogP) is 2.93. The molecule has 1 aromatic carbocycles. The number of anilines is 1. The molecule has 1 amide bonds. The van der Waals surface area contributed by atoms with Crippen LogP contribution in [0, 0.1) is 11.7 Å². The predicted molar refractivity (Wildman–Crippen MR) is 106 cm³/mol. The molecule has 0 radical (unpaired) electrons. The lowest BCUT2D eigenvalue weighted by Crippen LogP contribution is -2.51. The van der Waals surface area contributed by atoms with Crippen molar-refractivity contribution in [3.63, 3.8) is 0 Å². The number of hydrogen-bond acceptors (Lipinski definition) is 3. The molecule has 0 N–H and O–H groups in total. The molecular weight excluding hydrogens is 355 g/mol. The number of carbonyl (C=O) groups is 1. The molecule has 1 aliphatic carbocycles. The normalized spacial score (nSPS) is 19.7. The van der Waals surface area contributed by atoms with Crippen LogP contribution in [0.2, 0.25) is 0 Å². The van der Waals surface area contributed by atoms with Crippen molar-refractivity contribution in [1.29, 1.82) is 0 Å². The molecule has 144 valence electrons. The highest BCUT2D eigenvalue weighted by atomic mass is 19.1. The Balaban J connectivity index is 1.27. The van der Waals surface area contributed by atoms with E-state index < -0.39 is 0 Å². The Kier molecular flexibility index (Phi) is 4.26. The summed E-state index contributed by atoms with van der Waals surface area (Å²) < 4.78 is 16.1. The molecule has 2 aliphatic rings. The van der Waals surface area contributed by atoms with Crippen molar-refractivity contribution in [2.75, 3.05) is 31.1 Å². The first-order valence-electron chi connectivity index (χ1n) is 9.94. The molecule has 1 saturated heterocycles. The quantitative estimate of drug-likeness (QED) is 0.689. The van der Waals surface area contributed by atoms with Crippen LogP contribution in [-0.4, -0.2) is 46.4 Å². The summed E-state index contributed by atoms with van der Waals surface area (Å²) >= 11 is 0. The van der Waals surface area contributed by atoms with Crippen LogP contribution in [0.15, 0.2) is 48.7 Å². The van der Waals surface area contributed by atoms with Crippen LogP contribution in [0.1, 0.15) is 17.8 Å². The van der Waals surface area contributed by atoms with Gasteiger partial charge in [-0.15, -0.1) is 0 Å². The van der Waals surface area contributed by atoms with E-state index in [1.807, 2.05) is 40.3 Å². The first-order chi connectivity index (χ1) is 13.7. The molecule has 6 heteroatoms. The van der Waals surface area contributed by atoms with Crippen LogP contribution in [0.4, 0.5) is 10.1 Å². The fraction of sp³-hybridized carbons (Fsp3) is 0.364. The third-order valence-corrected chi connectivity index (χ3v) is 6.01. The third-order valence-electron chi connectivity index (χ3n) is 6.01. The van der Waals surface area contributed by atoms with Crippen LogP contribution < -0.4 is 4.90 Å². The summed E-state index contributed by atoms with van der Waals surface area (Å²) in [5, 5.41) is 0. The topological polar surface area (TPSA) is 40.9 Å². The van der Waals surface area contributed by atoms with E-state index in [4.69, 9.17) is 4.98 Å². The SMILES string of the molecule is O=C(C1CCc2nc3ccccn3c2C1)N1CCN(c2ccccc2F)CC1. The molecule has 0 saturated carbocycles. The summed E-state index contributed by atoms with van der Waals surface area (Å²) in [5.41, 5.74) is 3.88. The van der Waals surface area contributed by atoms with Crippen molar-refractivity contribution in [2.24, 2.45) is 5.92 Å². The first-order valence-corrected chi connectivity index (χ1v) is 9.94. The van der Waals surface area contributed by atoms with E-state index in [1.165, 1.54) is 11.8 Å². The minimum Gasteiger partial charge on any atom is -0.366 e. The standard InChI is InChI=1S/C22H23FN4O/c23-17-5-1-2-6-19(17)25-11-13-26(14-12-25)22(28)16-8-9-18-20(15-16)27-10-4-3-7-21(27)24-18/h1-7,10,16H,8-9,11-15H2. The molecule has 1 aliphatic heterocycles. The lowest BCUT2D eigenvalue weighted by atomic mass is 9.88. The molecular formula is C22H23FN4O. The van der Waals surface area contributed by atoms with Gasteiger partial charge in [0.25, 0.3) is 0 Å². The molecule has 3 aromatic rings. The molecule has 5 nitrogen and oxygen atoms in total. The highest BCUT2D eigenvalue weighted by molar-refractivity contribution is 5.80. The largest absolute Gasteiger partial charge is 0.366 e. The number of piperazine rings is 1. The van der Waals surface area contributed by atoms with Crippen molar-refractivity contribution >= 4 is 17.2 Å². The molecule has 5 rings (SSSR count). The van der Waals surface area contributed by atoms with Gasteiger partial charge < -0.3 is 14.2 Å². The molecule has 1 unspecified atom stereocenters. The van der Waals surface area contributed by atoms with Gasteiger partial charge in [-0.3, -0.25) is 4.79 Å². The average molecular weight is 378 g/mol. The van der Waals surface area contributed by atoms with Gasteiger partial charge in [0.1, 0.15) is 11.5 Å². The number of para-hydroxylation sites is 1. The van der Waals surface area contributed by atoms with Gasteiger partial charge >= 0.3 is 0 Å². The maximum Gasteiger partial charge on any atom is 0.226 e. The zero-order valence-corrected chi connectivity index (χ0v) is 15.7. The zero-order valence-electron chi connectivity index (χ0n) is 15.7. The van der Waals surface area contributed by atoms with Crippen molar-refractivity contribution in [2.45, 2.75) is 19.3 Å². The number of aryl methyl sites for hydroxylation is 1. The van der Waals surface area contributed by atoms with Gasteiger partial charge in [-0.05, 0) is 37.1 Å². The summed E-state index contributed by atoms with van der Waals surface area (Å²) in [4.78, 5) is 21.8. The van der Waals surface area contributed by atoms with E-state index in [1.54, 1.807) is 12.1 Å². The number of rotatable bonds is 2. The number of amides is 1. The summed E-state index contributed by atoms with van der Waals surface area (Å²) in [6.45, 7) is 2.62. The number of aromatic nitrogens is 2. The van der Waals surface area contributed by atoms with E-state index in [-0.39, 0.29) is 17.6 Å². The van der Waals surface area contributed by atoms with Crippen LogP contribution in [0.25, 0.3) is 5.65 Å². The number of imidazole rings is 1. The molecule has 3 heterocycles. The highest BCUT2D eigenvalue weighted by Gasteiger charge is 2.32. The van der Waals surface area contributed by atoms with Gasteiger partial charge in [0.2, 0.25) is 5.91 Å². The number of carbonyl (C=O) groups excluding carboxylic acids is 1. The second-order valence-corrected chi connectivity index (χ2v) is 7.64. The lowest BCUT2D eigenvalue weighted by Gasteiger charge is -2.38. The summed E-state index contributed by atoms with van der Waals surface area (Å²) in [7, 11) is 0. The first kappa shape index (κ1) is 17.2. The number of hydrogen-bond donors (Lipinski definition) is 0. The van der Waals surface area contributed by atoms with Crippen LogP contribution in [0.3, 0.4) is 0 Å². The smallest absolute Gasteiger partial charge is 0.226 e. The zero-order chi connectivity index (χ0) is 19.1. The maximum atomic E-state index is 14.0. The monoisotopic (exact) mass is 378 g/mol. The van der Waals surface area contributed by atoms with Crippen LogP contribution in [0.5, 0.6) is 0 Å². The van der Waals surface area contributed by atoms with Crippen LogP contribution >= 0.6 is 0 Å². The van der Waals surface area contributed by atoms with Crippen molar-refractivity contribution < 1.29 is 9.18 Å². The van der Waals surface area contributed by atoms with E-state index in [9.17, 15) is 9.18 Å². The Bertz CT molecular complexity index is 1020. The number of pyridine rings is 1. The Morgan fingerprint density at radius 3 is 2.64 bits per heavy atom. The Morgan fingerprint density at radius 2 is 1.82 bits per heavy atom. The number of fused-ring (bicyclic) bond motifs is 3. The van der Waals surface area contributed by atoms with E-state index >= 15 is 0 Å². The lowest BCUT2D eigenvalue weighted by molar-refractivity contribution is -0.136. The van der Waals surface area contributed by atoms with Gasteiger partial charge in [-0.1, -0.05) is 18.2 Å². The third kappa shape index (κ3) is 2.93.